The quantitative estimate of drug-likeness (QED) is 0.800. The summed E-state index contributed by atoms with van der Waals surface area (Å²) in [6, 6.07) is 5.21. The molecule has 0 saturated heterocycles. The van der Waals surface area contributed by atoms with E-state index in [1.54, 1.807) is 6.92 Å². The van der Waals surface area contributed by atoms with Crippen LogP contribution in [0.1, 0.15) is 43.7 Å². The fraction of sp³-hybridized carbons (Fsp3) is 0.500. The highest BCUT2D eigenvalue weighted by Gasteiger charge is 2.37. The second-order valence-electron chi connectivity index (χ2n) is 6.62. The van der Waals surface area contributed by atoms with Gasteiger partial charge in [0.25, 0.3) is 0 Å². The van der Waals surface area contributed by atoms with Crippen LogP contribution >= 0.6 is 0 Å². The van der Waals surface area contributed by atoms with E-state index in [1.165, 1.54) is 4.90 Å². The molecule has 1 atom stereocenters. The van der Waals surface area contributed by atoms with E-state index < -0.39 is 12.0 Å². The minimum Gasteiger partial charge on any atom is -0.480 e. The maximum absolute atomic E-state index is 12.4. The monoisotopic (exact) mass is 330 g/mol. The maximum atomic E-state index is 12.4. The third kappa shape index (κ3) is 3.58. The molecule has 1 fully saturated rings. The highest BCUT2D eigenvalue weighted by Crippen LogP contribution is 2.30. The largest absolute Gasteiger partial charge is 0.480 e. The number of nitrogens with one attached hydrogen (secondary N) is 1. The van der Waals surface area contributed by atoms with E-state index in [2.05, 4.69) is 5.32 Å². The van der Waals surface area contributed by atoms with Gasteiger partial charge in [0, 0.05) is 18.2 Å². The van der Waals surface area contributed by atoms with Crippen LogP contribution < -0.4 is 5.32 Å². The van der Waals surface area contributed by atoms with Crippen molar-refractivity contribution >= 4 is 23.5 Å². The zero-order valence-corrected chi connectivity index (χ0v) is 13.7. The van der Waals surface area contributed by atoms with Gasteiger partial charge in [0.15, 0.2) is 0 Å². The van der Waals surface area contributed by atoms with E-state index in [9.17, 15) is 14.4 Å². The molecule has 1 aromatic carbocycles. The van der Waals surface area contributed by atoms with Gasteiger partial charge in [0.05, 0.1) is 6.42 Å². The minimum absolute atomic E-state index is 0.0139. The summed E-state index contributed by atoms with van der Waals surface area (Å²) in [7, 11) is 0. The molecule has 1 unspecified atom stereocenters. The van der Waals surface area contributed by atoms with Crippen molar-refractivity contribution in [2.75, 3.05) is 5.32 Å². The first kappa shape index (κ1) is 16.5. The summed E-state index contributed by atoms with van der Waals surface area (Å²) in [5.74, 6) is -1.02. The molecule has 1 saturated carbocycles. The van der Waals surface area contributed by atoms with E-state index in [0.717, 1.165) is 36.1 Å². The number of carboxylic acid groups (broad SMARTS) is 1. The molecule has 2 aliphatic rings. The van der Waals surface area contributed by atoms with Crippen molar-refractivity contribution < 1.29 is 19.5 Å². The van der Waals surface area contributed by atoms with Gasteiger partial charge in [-0.15, -0.1) is 0 Å². The van der Waals surface area contributed by atoms with Crippen LogP contribution in [0.2, 0.25) is 0 Å². The van der Waals surface area contributed by atoms with Gasteiger partial charge in [0.1, 0.15) is 6.04 Å². The summed E-state index contributed by atoms with van der Waals surface area (Å²) in [4.78, 5) is 36.5. The molecule has 6 heteroatoms. The second kappa shape index (κ2) is 6.63. The van der Waals surface area contributed by atoms with Gasteiger partial charge >= 0.3 is 5.97 Å². The zero-order chi connectivity index (χ0) is 17.3. The average molecular weight is 330 g/mol. The Hall–Kier alpha value is -2.37. The van der Waals surface area contributed by atoms with E-state index in [1.807, 2.05) is 18.2 Å². The zero-order valence-electron chi connectivity index (χ0n) is 13.7. The van der Waals surface area contributed by atoms with Crippen LogP contribution in [0.15, 0.2) is 18.2 Å². The van der Waals surface area contributed by atoms with Crippen molar-refractivity contribution in [2.24, 2.45) is 0 Å². The van der Waals surface area contributed by atoms with Gasteiger partial charge in [-0.1, -0.05) is 12.1 Å². The third-order valence-corrected chi connectivity index (χ3v) is 4.65. The predicted octanol–water partition coefficient (Wildman–Crippen LogP) is 1.97. The molecule has 3 rings (SSSR count). The number of nitrogens with zero attached hydrogens (tertiary/aromatic N) is 1. The molecule has 1 aliphatic heterocycles. The van der Waals surface area contributed by atoms with Crippen molar-refractivity contribution in [3.05, 3.63) is 29.3 Å². The van der Waals surface area contributed by atoms with Crippen LogP contribution in [0.3, 0.4) is 0 Å². The standard InChI is InChI=1S/C18H22N2O4/c1-11(18(23)24)20(14-6-7-14)17(22)4-2-3-12-5-8-15-13(9-12)10-16(21)19-15/h5,8-9,11,14H,2-4,6-7,10H2,1H3,(H,19,21)(H,23,24). The summed E-state index contributed by atoms with van der Waals surface area (Å²) >= 11 is 0. The fourth-order valence-electron chi connectivity index (χ4n) is 3.22. The Morgan fingerprint density at radius 3 is 2.79 bits per heavy atom. The summed E-state index contributed by atoms with van der Waals surface area (Å²) in [6.45, 7) is 1.57. The number of carboxylic acids is 1. The molecule has 0 spiro atoms. The van der Waals surface area contributed by atoms with Crippen LogP contribution in [0, 0.1) is 0 Å². The minimum atomic E-state index is -0.953. The van der Waals surface area contributed by atoms with Crippen LogP contribution in [-0.4, -0.2) is 39.9 Å². The highest BCUT2D eigenvalue weighted by atomic mass is 16.4. The highest BCUT2D eigenvalue weighted by molar-refractivity contribution is 5.99. The number of carbonyl (C=O) groups excluding carboxylic acids is 2. The van der Waals surface area contributed by atoms with E-state index in [-0.39, 0.29) is 17.9 Å². The van der Waals surface area contributed by atoms with Crippen molar-refractivity contribution in [1.29, 1.82) is 0 Å². The Morgan fingerprint density at radius 2 is 2.12 bits per heavy atom. The van der Waals surface area contributed by atoms with Gasteiger partial charge in [-0.3, -0.25) is 9.59 Å². The predicted molar refractivity (Wildman–Crippen MR) is 88.7 cm³/mol. The average Bonchev–Trinajstić information content (AvgIpc) is 3.27. The Kier molecular flexibility index (Phi) is 4.55. The van der Waals surface area contributed by atoms with Crippen LogP contribution in [0.4, 0.5) is 5.69 Å². The molecule has 1 aromatic rings. The number of amides is 2. The number of hydrogen-bond acceptors (Lipinski definition) is 3. The molecule has 2 N–H and O–H groups in total. The summed E-state index contributed by atoms with van der Waals surface area (Å²) in [5, 5.41) is 12.0. The molecule has 24 heavy (non-hydrogen) atoms. The number of rotatable bonds is 7. The number of anilines is 1. The first-order valence-electron chi connectivity index (χ1n) is 8.41. The molecule has 128 valence electrons. The number of hydrogen-bond donors (Lipinski definition) is 2. The second-order valence-corrected chi connectivity index (χ2v) is 6.62. The van der Waals surface area contributed by atoms with Crippen LogP contribution in [-0.2, 0) is 27.2 Å². The lowest BCUT2D eigenvalue weighted by Gasteiger charge is -2.26. The Labute approximate surface area is 140 Å². The molecule has 1 heterocycles. The SMILES string of the molecule is CC(C(=O)O)N(C(=O)CCCc1ccc2c(c1)CC(=O)N2)C1CC1. The van der Waals surface area contributed by atoms with Gasteiger partial charge in [-0.05, 0) is 49.8 Å². The third-order valence-electron chi connectivity index (χ3n) is 4.65. The first-order chi connectivity index (χ1) is 11.5. The van der Waals surface area contributed by atoms with Gasteiger partial charge < -0.3 is 15.3 Å². The Bertz CT molecular complexity index is 682. The molecule has 0 radical (unpaired) electrons. The van der Waals surface area contributed by atoms with Crippen LogP contribution in [0.5, 0.6) is 0 Å². The van der Waals surface area contributed by atoms with Gasteiger partial charge in [0.2, 0.25) is 11.8 Å². The molecule has 2 amide bonds. The van der Waals surface area contributed by atoms with Crippen molar-refractivity contribution in [3.8, 4) is 0 Å². The Balaban J connectivity index is 1.54. The summed E-state index contributed by atoms with van der Waals surface area (Å²) in [6.07, 6.45) is 3.97. The number of benzene rings is 1. The molecule has 0 aromatic heterocycles. The molecule has 1 aliphatic carbocycles. The molecular formula is C18H22N2O4. The summed E-state index contributed by atoms with van der Waals surface area (Å²) in [5.41, 5.74) is 2.97. The number of fused-ring (bicyclic) bond motifs is 1. The molecule has 6 nitrogen and oxygen atoms in total. The lowest BCUT2D eigenvalue weighted by Crippen LogP contribution is -2.44. The molecular weight excluding hydrogens is 308 g/mol. The van der Waals surface area contributed by atoms with Gasteiger partial charge in [-0.2, -0.15) is 0 Å². The number of carbonyl (C=O) groups is 3. The van der Waals surface area contributed by atoms with E-state index in [4.69, 9.17) is 5.11 Å². The number of aryl methyl sites for hydroxylation is 1. The topological polar surface area (TPSA) is 86.7 Å². The van der Waals surface area contributed by atoms with Crippen molar-refractivity contribution in [2.45, 2.75) is 57.5 Å². The van der Waals surface area contributed by atoms with E-state index >= 15 is 0 Å². The van der Waals surface area contributed by atoms with Crippen molar-refractivity contribution in [3.63, 3.8) is 0 Å². The first-order valence-corrected chi connectivity index (χ1v) is 8.41. The van der Waals surface area contributed by atoms with Crippen molar-refractivity contribution in [1.82, 2.24) is 4.90 Å². The number of aliphatic carboxylic acids is 1. The maximum Gasteiger partial charge on any atom is 0.326 e. The fourth-order valence-corrected chi connectivity index (χ4v) is 3.22. The van der Waals surface area contributed by atoms with Gasteiger partial charge in [-0.25, -0.2) is 4.79 Å². The normalized spacial score (nSPS) is 17.1. The smallest absolute Gasteiger partial charge is 0.326 e. The lowest BCUT2D eigenvalue weighted by molar-refractivity contribution is -0.150. The lowest BCUT2D eigenvalue weighted by atomic mass is 10.0. The Morgan fingerprint density at radius 1 is 1.38 bits per heavy atom. The van der Waals surface area contributed by atoms with E-state index in [0.29, 0.717) is 19.3 Å². The molecule has 0 bridgehead atoms. The van der Waals surface area contributed by atoms with Crippen LogP contribution in [0.25, 0.3) is 0 Å². The summed E-state index contributed by atoms with van der Waals surface area (Å²) < 4.78 is 0.